The van der Waals surface area contributed by atoms with E-state index in [9.17, 15) is 18.0 Å². The molecule has 0 spiro atoms. The Balaban J connectivity index is 1.56. The number of furan rings is 1. The van der Waals surface area contributed by atoms with Crippen LogP contribution in [0, 0.1) is 0 Å². The highest BCUT2D eigenvalue weighted by atomic mass is 35.5. The Morgan fingerprint density at radius 3 is 2.67 bits per heavy atom. The van der Waals surface area contributed by atoms with Crippen molar-refractivity contribution in [2.75, 3.05) is 5.32 Å². The lowest BCUT2D eigenvalue weighted by atomic mass is 10.3. The normalized spacial score (nSPS) is 11.4. The lowest BCUT2D eigenvalue weighted by molar-refractivity contribution is -0.142. The maximum absolute atomic E-state index is 12.3. The summed E-state index contributed by atoms with van der Waals surface area (Å²) >= 11 is 5.79. The zero-order valence-electron chi connectivity index (χ0n) is 13.7. The van der Waals surface area contributed by atoms with Crippen LogP contribution in [0.5, 0.6) is 5.75 Å². The van der Waals surface area contributed by atoms with Gasteiger partial charge in [0.15, 0.2) is 5.76 Å². The topological polar surface area (TPSA) is 69.3 Å². The van der Waals surface area contributed by atoms with E-state index in [1.165, 1.54) is 6.07 Å². The van der Waals surface area contributed by atoms with Gasteiger partial charge in [0.05, 0.1) is 11.9 Å². The standard InChI is InChI=1S/C17H13ClF3N3O3/c18-11-1-3-13(4-2-11)26-9-14-5-6-15(27-14)16(25)23-12-7-22-24(8-12)10-17(19,20)21/h1-8H,9-10H2,(H,23,25). The van der Waals surface area contributed by atoms with Crippen molar-refractivity contribution in [2.24, 2.45) is 0 Å². The average molecular weight is 400 g/mol. The fraction of sp³-hybridized carbons (Fsp3) is 0.176. The first-order valence-corrected chi connectivity index (χ1v) is 8.04. The highest BCUT2D eigenvalue weighted by Gasteiger charge is 2.28. The van der Waals surface area contributed by atoms with Gasteiger partial charge >= 0.3 is 6.18 Å². The molecular formula is C17H13ClF3N3O3. The number of aromatic nitrogens is 2. The van der Waals surface area contributed by atoms with Crippen LogP contribution >= 0.6 is 11.6 Å². The Kier molecular flexibility index (Phi) is 5.41. The van der Waals surface area contributed by atoms with Crippen LogP contribution in [0.2, 0.25) is 5.02 Å². The van der Waals surface area contributed by atoms with Crippen molar-refractivity contribution in [1.82, 2.24) is 9.78 Å². The molecule has 142 valence electrons. The fourth-order valence-electron chi connectivity index (χ4n) is 2.15. The average Bonchev–Trinajstić information content (AvgIpc) is 3.22. The van der Waals surface area contributed by atoms with Crippen LogP contribution in [-0.2, 0) is 13.2 Å². The second-order valence-electron chi connectivity index (χ2n) is 5.50. The van der Waals surface area contributed by atoms with Crippen molar-refractivity contribution in [1.29, 1.82) is 0 Å². The molecule has 0 saturated heterocycles. The van der Waals surface area contributed by atoms with Crippen molar-refractivity contribution in [2.45, 2.75) is 19.3 Å². The van der Waals surface area contributed by atoms with E-state index >= 15 is 0 Å². The van der Waals surface area contributed by atoms with Crippen LogP contribution in [0.15, 0.2) is 53.2 Å². The number of carbonyl (C=O) groups is 1. The first-order valence-electron chi connectivity index (χ1n) is 7.66. The highest BCUT2D eigenvalue weighted by Crippen LogP contribution is 2.20. The van der Waals surface area contributed by atoms with E-state index in [1.54, 1.807) is 30.3 Å². The number of nitrogens with zero attached hydrogens (tertiary/aromatic N) is 2. The van der Waals surface area contributed by atoms with Gasteiger partial charge in [-0.15, -0.1) is 0 Å². The minimum atomic E-state index is -4.40. The van der Waals surface area contributed by atoms with Crippen molar-refractivity contribution in [3.05, 3.63) is 65.3 Å². The molecule has 0 fully saturated rings. The van der Waals surface area contributed by atoms with Crippen LogP contribution < -0.4 is 10.1 Å². The van der Waals surface area contributed by atoms with Crippen LogP contribution in [0.3, 0.4) is 0 Å². The summed E-state index contributed by atoms with van der Waals surface area (Å²) in [7, 11) is 0. The lowest BCUT2D eigenvalue weighted by Crippen LogP contribution is -2.17. The van der Waals surface area contributed by atoms with Gasteiger partial charge in [-0.1, -0.05) is 11.6 Å². The van der Waals surface area contributed by atoms with Gasteiger partial charge in [-0.25, -0.2) is 0 Å². The summed E-state index contributed by atoms with van der Waals surface area (Å²) < 4.78 is 48.5. The largest absolute Gasteiger partial charge is 0.486 e. The Hall–Kier alpha value is -2.94. The molecule has 6 nitrogen and oxygen atoms in total. The summed E-state index contributed by atoms with van der Waals surface area (Å²) in [6.07, 6.45) is -2.19. The van der Waals surface area contributed by atoms with Crippen molar-refractivity contribution < 1.29 is 27.1 Å². The van der Waals surface area contributed by atoms with Crippen LogP contribution in [-0.4, -0.2) is 21.9 Å². The maximum Gasteiger partial charge on any atom is 0.408 e. The van der Waals surface area contributed by atoms with Gasteiger partial charge in [0.1, 0.15) is 24.7 Å². The third-order valence-electron chi connectivity index (χ3n) is 3.31. The number of alkyl halides is 3. The molecule has 0 saturated carbocycles. The summed E-state index contributed by atoms with van der Waals surface area (Å²) in [5.74, 6) is 0.370. The van der Waals surface area contributed by atoms with Gasteiger partial charge in [-0.2, -0.15) is 18.3 Å². The SMILES string of the molecule is O=C(Nc1cnn(CC(F)(F)F)c1)c1ccc(COc2ccc(Cl)cc2)o1. The van der Waals surface area contributed by atoms with Crippen molar-refractivity contribution in [3.8, 4) is 5.75 Å². The molecule has 0 aliphatic heterocycles. The summed E-state index contributed by atoms with van der Waals surface area (Å²) in [4.78, 5) is 12.1. The fourth-order valence-corrected chi connectivity index (χ4v) is 2.28. The summed E-state index contributed by atoms with van der Waals surface area (Å²) in [6, 6.07) is 9.75. The van der Waals surface area contributed by atoms with E-state index in [-0.39, 0.29) is 18.1 Å². The molecule has 0 unspecified atom stereocenters. The predicted molar refractivity (Wildman–Crippen MR) is 90.7 cm³/mol. The van der Waals surface area contributed by atoms with Crippen molar-refractivity contribution >= 4 is 23.2 Å². The number of hydrogen-bond donors (Lipinski definition) is 1. The first kappa shape index (κ1) is 18.8. The Morgan fingerprint density at radius 1 is 1.22 bits per heavy atom. The van der Waals surface area contributed by atoms with Crippen LogP contribution in [0.4, 0.5) is 18.9 Å². The Labute approximate surface area is 156 Å². The third kappa shape index (κ3) is 5.52. The van der Waals surface area contributed by atoms with Crippen LogP contribution in [0.25, 0.3) is 0 Å². The first-order chi connectivity index (χ1) is 12.8. The lowest BCUT2D eigenvalue weighted by Gasteiger charge is -2.05. The van der Waals surface area contributed by atoms with Gasteiger partial charge < -0.3 is 14.5 Å². The summed E-state index contributed by atoms with van der Waals surface area (Å²) in [5, 5.41) is 6.54. The van der Waals surface area contributed by atoms with Gasteiger partial charge in [0.25, 0.3) is 5.91 Å². The molecule has 1 amide bonds. The number of hydrogen-bond acceptors (Lipinski definition) is 4. The molecule has 3 aromatic rings. The molecule has 0 atom stereocenters. The number of benzene rings is 1. The minimum absolute atomic E-state index is 0.00622. The number of rotatable bonds is 6. The van der Waals surface area contributed by atoms with E-state index in [2.05, 4.69) is 10.4 Å². The van der Waals surface area contributed by atoms with Gasteiger partial charge in [-0.3, -0.25) is 9.48 Å². The summed E-state index contributed by atoms with van der Waals surface area (Å²) in [6.45, 7) is -1.14. The van der Waals surface area contributed by atoms with E-state index < -0.39 is 18.6 Å². The molecule has 0 radical (unpaired) electrons. The molecule has 1 N–H and O–H groups in total. The number of halogens is 4. The van der Waals surface area contributed by atoms with Crippen molar-refractivity contribution in [3.63, 3.8) is 0 Å². The molecule has 3 rings (SSSR count). The molecule has 27 heavy (non-hydrogen) atoms. The second kappa shape index (κ2) is 7.75. The molecule has 0 bridgehead atoms. The Bertz CT molecular complexity index is 919. The molecule has 2 heterocycles. The van der Waals surface area contributed by atoms with Crippen LogP contribution in [0.1, 0.15) is 16.3 Å². The van der Waals surface area contributed by atoms with E-state index in [0.717, 1.165) is 12.4 Å². The summed E-state index contributed by atoms with van der Waals surface area (Å²) in [5.41, 5.74) is 0.125. The van der Waals surface area contributed by atoms with E-state index in [1.807, 2.05) is 0 Å². The third-order valence-corrected chi connectivity index (χ3v) is 3.56. The monoisotopic (exact) mass is 399 g/mol. The van der Waals surface area contributed by atoms with E-state index in [4.69, 9.17) is 20.8 Å². The maximum atomic E-state index is 12.3. The quantitative estimate of drug-likeness (QED) is 0.661. The zero-order chi connectivity index (χ0) is 19.4. The second-order valence-corrected chi connectivity index (χ2v) is 5.94. The molecule has 1 aromatic carbocycles. The molecule has 2 aromatic heterocycles. The highest BCUT2D eigenvalue weighted by molar-refractivity contribution is 6.30. The number of nitrogens with one attached hydrogen (secondary N) is 1. The van der Waals surface area contributed by atoms with Gasteiger partial charge in [-0.05, 0) is 36.4 Å². The smallest absolute Gasteiger partial charge is 0.408 e. The Morgan fingerprint density at radius 2 is 1.96 bits per heavy atom. The van der Waals surface area contributed by atoms with Gasteiger partial charge in [0, 0.05) is 11.2 Å². The zero-order valence-corrected chi connectivity index (χ0v) is 14.4. The molecular weight excluding hydrogens is 387 g/mol. The predicted octanol–water partition coefficient (Wildman–Crippen LogP) is 4.52. The molecule has 10 heteroatoms. The number of amides is 1. The minimum Gasteiger partial charge on any atom is -0.486 e. The number of anilines is 1. The number of ether oxygens (including phenoxy) is 1. The van der Waals surface area contributed by atoms with Gasteiger partial charge in [0.2, 0.25) is 0 Å². The van der Waals surface area contributed by atoms with E-state index in [0.29, 0.717) is 21.2 Å². The molecule has 0 aliphatic rings. The molecule has 0 aliphatic carbocycles. The number of carbonyl (C=O) groups excluding carboxylic acids is 1.